The Morgan fingerprint density at radius 2 is 1.13 bits per heavy atom. The molecule has 0 bridgehead atoms. The van der Waals surface area contributed by atoms with Gasteiger partial charge in [-0.3, -0.25) is 0 Å². The minimum atomic E-state index is -5.09. The molecule has 4 aromatic rings. The van der Waals surface area contributed by atoms with Crippen LogP contribution in [-0.2, 0) is 42.8 Å². The molecule has 0 aliphatic rings. The van der Waals surface area contributed by atoms with Crippen molar-refractivity contribution in [3.63, 3.8) is 0 Å². The summed E-state index contributed by atoms with van der Waals surface area (Å²) in [6, 6.07) is 29.8. The van der Waals surface area contributed by atoms with E-state index in [2.05, 4.69) is 109 Å². The molecular formula is C37H41F3O5S2. The second-order valence-electron chi connectivity index (χ2n) is 12.8. The van der Waals surface area contributed by atoms with Gasteiger partial charge in [0.05, 0.1) is 27.6 Å². The minimum absolute atomic E-state index is 0.134. The zero-order valence-electron chi connectivity index (χ0n) is 27.6. The molecule has 0 radical (unpaired) electrons. The van der Waals surface area contributed by atoms with E-state index in [1.165, 1.54) is 32.1 Å². The zero-order chi connectivity index (χ0) is 35.2. The second-order valence-corrected chi connectivity index (χ2v) is 16.1. The van der Waals surface area contributed by atoms with Crippen molar-refractivity contribution in [3.8, 4) is 5.75 Å². The first-order valence-corrected chi connectivity index (χ1v) is 17.5. The summed E-state index contributed by atoms with van der Waals surface area (Å²) in [5.41, 5.74) is 1.52. The van der Waals surface area contributed by atoms with Gasteiger partial charge < -0.3 is 14.0 Å². The summed E-state index contributed by atoms with van der Waals surface area (Å²) in [6.07, 6.45) is -3.81. The Labute approximate surface area is 279 Å². The topological polar surface area (TPSA) is 75.7 Å². The Kier molecular flexibility index (Phi) is 12.0. The summed E-state index contributed by atoms with van der Waals surface area (Å²) in [7, 11) is -5.30. The van der Waals surface area contributed by atoms with Gasteiger partial charge in [-0.15, -0.1) is 0 Å². The van der Waals surface area contributed by atoms with Gasteiger partial charge in [0, 0.05) is 6.92 Å². The fraction of sp³-hybridized carbons (Fsp3) is 0.297. The summed E-state index contributed by atoms with van der Waals surface area (Å²) in [5, 5.41) is 0. The van der Waals surface area contributed by atoms with Crippen LogP contribution in [0.4, 0.5) is 13.2 Å². The average molecular weight is 687 g/mol. The van der Waals surface area contributed by atoms with Gasteiger partial charge in [0.2, 0.25) is 6.29 Å². The SMILES string of the molecule is C=COC(C)Oc1ccc([S+](c2ccc(C(C)(C)C)cc2)c2ccc(C(C)(C)C)cc2)cc1.O=S(=O)([O-])c1ccccc1C(F)(F)F. The van der Waals surface area contributed by atoms with Gasteiger partial charge in [-0.25, -0.2) is 8.42 Å². The van der Waals surface area contributed by atoms with Crippen LogP contribution in [0.5, 0.6) is 5.75 Å². The van der Waals surface area contributed by atoms with Crippen molar-refractivity contribution in [2.45, 2.75) is 91.3 Å². The molecule has 0 saturated carbocycles. The van der Waals surface area contributed by atoms with Gasteiger partial charge in [0.1, 0.15) is 15.9 Å². The third kappa shape index (κ3) is 10.6. The Balaban J connectivity index is 0.000000358. The van der Waals surface area contributed by atoms with Crippen molar-refractivity contribution in [2.75, 3.05) is 0 Å². The smallest absolute Gasteiger partial charge is 0.417 e. The Morgan fingerprint density at radius 3 is 1.47 bits per heavy atom. The van der Waals surface area contributed by atoms with Gasteiger partial charge >= 0.3 is 6.18 Å². The fourth-order valence-electron chi connectivity index (χ4n) is 4.52. The van der Waals surface area contributed by atoms with Crippen molar-refractivity contribution in [1.29, 1.82) is 0 Å². The van der Waals surface area contributed by atoms with Crippen molar-refractivity contribution in [3.05, 3.63) is 127 Å². The molecule has 0 amide bonds. The molecular weight excluding hydrogens is 646 g/mol. The molecule has 0 aliphatic heterocycles. The zero-order valence-corrected chi connectivity index (χ0v) is 29.2. The van der Waals surface area contributed by atoms with Crippen molar-refractivity contribution in [1.82, 2.24) is 0 Å². The maximum absolute atomic E-state index is 12.2. The van der Waals surface area contributed by atoms with E-state index in [1.54, 1.807) is 0 Å². The number of hydrogen-bond donors (Lipinski definition) is 0. The van der Waals surface area contributed by atoms with Crippen molar-refractivity contribution < 1.29 is 35.6 Å². The molecule has 10 heteroatoms. The predicted octanol–water partition coefficient (Wildman–Crippen LogP) is 9.87. The standard InChI is InChI=1S/C30H37O2S.C7H5F3O3S/c1-9-31-22(2)32-25-14-20-28(21-15-25)33(26-16-10-23(11-17-26)29(3,4)5)27-18-12-24(13-19-27)30(6,7)8;8-7(9,10)5-3-1-2-4-6(5)14(11,12)13/h9-22H,1H2,2-8H3;1-4H,(H,11,12,13)/q+1;/p-1. The van der Waals surface area contributed by atoms with Crippen molar-refractivity contribution in [2.24, 2.45) is 0 Å². The van der Waals surface area contributed by atoms with Crippen LogP contribution < -0.4 is 4.74 Å². The fourth-order valence-corrected chi connectivity index (χ4v) is 7.26. The average Bonchev–Trinajstić information content (AvgIpc) is 2.97. The molecule has 0 heterocycles. The van der Waals surface area contributed by atoms with Crippen LogP contribution in [0.3, 0.4) is 0 Å². The van der Waals surface area contributed by atoms with Gasteiger partial charge in [-0.2, -0.15) is 13.2 Å². The van der Waals surface area contributed by atoms with E-state index >= 15 is 0 Å². The van der Waals surface area contributed by atoms with Crippen LogP contribution in [0.1, 0.15) is 65.2 Å². The van der Waals surface area contributed by atoms with Crippen LogP contribution in [0.2, 0.25) is 0 Å². The van der Waals surface area contributed by atoms with E-state index in [-0.39, 0.29) is 28.0 Å². The predicted molar refractivity (Wildman–Crippen MR) is 180 cm³/mol. The molecule has 0 saturated heterocycles. The van der Waals surface area contributed by atoms with E-state index < -0.39 is 26.8 Å². The summed E-state index contributed by atoms with van der Waals surface area (Å²) < 4.78 is 79.0. The van der Waals surface area contributed by atoms with Crippen LogP contribution in [-0.4, -0.2) is 19.3 Å². The number of alkyl halides is 3. The largest absolute Gasteiger partial charge is 0.744 e. The maximum atomic E-state index is 12.2. The minimum Gasteiger partial charge on any atom is -0.744 e. The quantitative estimate of drug-likeness (QED) is 0.0799. The van der Waals surface area contributed by atoms with Crippen molar-refractivity contribution >= 4 is 21.0 Å². The summed E-state index contributed by atoms with van der Waals surface area (Å²) in [4.78, 5) is 2.63. The molecule has 252 valence electrons. The van der Waals surface area contributed by atoms with Gasteiger partial charge in [0.25, 0.3) is 0 Å². The van der Waals surface area contributed by atoms with Crippen LogP contribution in [0.15, 0.2) is 129 Å². The molecule has 0 N–H and O–H groups in total. The summed E-state index contributed by atoms with van der Waals surface area (Å²) in [6.45, 7) is 19.0. The highest BCUT2D eigenvalue weighted by atomic mass is 32.2. The van der Waals surface area contributed by atoms with E-state index in [9.17, 15) is 26.1 Å². The molecule has 1 unspecified atom stereocenters. The highest BCUT2D eigenvalue weighted by molar-refractivity contribution is 7.97. The molecule has 5 nitrogen and oxygen atoms in total. The molecule has 0 fully saturated rings. The number of hydrogen-bond acceptors (Lipinski definition) is 5. The maximum Gasteiger partial charge on any atom is 0.417 e. The van der Waals surface area contributed by atoms with Gasteiger partial charge in [-0.1, -0.05) is 84.5 Å². The van der Waals surface area contributed by atoms with E-state index in [4.69, 9.17) is 9.47 Å². The molecule has 47 heavy (non-hydrogen) atoms. The van der Waals surface area contributed by atoms with Gasteiger partial charge in [0.15, 0.2) is 14.7 Å². The first-order chi connectivity index (χ1) is 21.7. The van der Waals surface area contributed by atoms with E-state index in [0.717, 1.165) is 17.9 Å². The van der Waals surface area contributed by atoms with Crippen LogP contribution in [0, 0.1) is 0 Å². The van der Waals surface area contributed by atoms with Crippen LogP contribution >= 0.6 is 0 Å². The lowest BCUT2D eigenvalue weighted by Crippen LogP contribution is -2.13. The number of rotatable bonds is 8. The lowest BCUT2D eigenvalue weighted by molar-refractivity contribution is -0.140. The normalized spacial score (nSPS) is 12.9. The summed E-state index contributed by atoms with van der Waals surface area (Å²) >= 11 is 0. The second kappa shape index (κ2) is 15.0. The molecule has 4 rings (SSSR count). The van der Waals surface area contributed by atoms with Gasteiger partial charge in [-0.05, 0) is 82.6 Å². The Bertz CT molecular complexity index is 1660. The first-order valence-electron chi connectivity index (χ1n) is 14.8. The number of benzene rings is 4. The lowest BCUT2D eigenvalue weighted by Gasteiger charge is -2.20. The van der Waals surface area contributed by atoms with E-state index in [0.29, 0.717) is 12.1 Å². The third-order valence-electron chi connectivity index (χ3n) is 7.02. The van der Waals surface area contributed by atoms with E-state index in [1.807, 2.05) is 19.1 Å². The summed E-state index contributed by atoms with van der Waals surface area (Å²) in [5.74, 6) is 0.780. The van der Waals surface area contributed by atoms with Crippen LogP contribution in [0.25, 0.3) is 0 Å². The molecule has 0 aliphatic carbocycles. The third-order valence-corrected chi connectivity index (χ3v) is 10.1. The Morgan fingerprint density at radius 1 is 0.723 bits per heavy atom. The number of halogens is 3. The Hall–Kier alpha value is -3.73. The first kappa shape index (κ1) is 37.7. The number of ether oxygens (including phenoxy) is 2. The molecule has 0 aromatic heterocycles. The monoisotopic (exact) mass is 686 g/mol. The molecule has 0 spiro atoms. The molecule has 4 aromatic carbocycles. The molecule has 1 atom stereocenters. The highest BCUT2D eigenvalue weighted by Gasteiger charge is 2.34. The lowest BCUT2D eigenvalue weighted by atomic mass is 9.87. The highest BCUT2D eigenvalue weighted by Crippen LogP contribution is 2.36.